The van der Waals surface area contributed by atoms with E-state index in [0.29, 0.717) is 43.7 Å². The Kier molecular flexibility index (Phi) is 6.88. The van der Waals surface area contributed by atoms with Gasteiger partial charge in [0.15, 0.2) is 16.5 Å². The van der Waals surface area contributed by atoms with E-state index in [0.717, 1.165) is 12.0 Å². The van der Waals surface area contributed by atoms with E-state index >= 15 is 0 Å². The fourth-order valence-electron chi connectivity index (χ4n) is 3.71. The number of fused-ring (bicyclic) bond motifs is 1. The highest BCUT2D eigenvalue weighted by Crippen LogP contribution is 2.34. The second kappa shape index (κ2) is 10.3. The topological polar surface area (TPSA) is 101 Å². The predicted octanol–water partition coefficient (Wildman–Crippen LogP) is 7.46. The molecule has 0 unspecified atom stereocenters. The molecule has 0 aliphatic rings. The van der Waals surface area contributed by atoms with E-state index in [9.17, 15) is 9.90 Å². The zero-order chi connectivity index (χ0) is 26.1. The van der Waals surface area contributed by atoms with Crippen LogP contribution in [-0.4, -0.2) is 21.1 Å². The van der Waals surface area contributed by atoms with E-state index in [1.807, 2.05) is 18.2 Å². The third-order valence-corrected chi connectivity index (χ3v) is 6.36. The summed E-state index contributed by atoms with van der Waals surface area (Å²) < 4.78 is 11.5. The van der Waals surface area contributed by atoms with Gasteiger partial charge in [-0.05, 0) is 84.9 Å². The van der Waals surface area contributed by atoms with Crippen molar-refractivity contribution in [3.63, 3.8) is 0 Å². The van der Waals surface area contributed by atoms with Crippen molar-refractivity contribution >= 4 is 63.2 Å². The number of carbonyl (C=O) groups excluding carboxylic acids is 1. The van der Waals surface area contributed by atoms with Gasteiger partial charge in [-0.2, -0.15) is 0 Å². The third-order valence-electron chi connectivity index (χ3n) is 5.60. The summed E-state index contributed by atoms with van der Waals surface area (Å²) in [5.74, 6) is 0.142. The number of anilines is 1. The van der Waals surface area contributed by atoms with Gasteiger partial charge in [0.2, 0.25) is 5.89 Å². The number of hydrogen-bond acceptors (Lipinski definition) is 6. The lowest BCUT2D eigenvalue weighted by atomic mass is 10.1. The maximum absolute atomic E-state index is 12.7. The van der Waals surface area contributed by atoms with Gasteiger partial charge in [0.25, 0.3) is 5.91 Å². The summed E-state index contributed by atoms with van der Waals surface area (Å²) in [7, 11) is 0. The van der Waals surface area contributed by atoms with Crippen LogP contribution in [0, 0.1) is 0 Å². The highest BCUT2D eigenvalue weighted by molar-refractivity contribution is 7.80. The SMILES string of the molecule is CCc1ccc2oc(-c3cc(NC(=S)NC(=O)c4ccc(-c5cc(Cl)ccc5Cl)o4)ccc3O)nc2c1. The average molecular weight is 552 g/mol. The second-order valence-corrected chi connectivity index (χ2v) is 9.35. The number of nitrogens with zero attached hydrogens (tertiary/aromatic N) is 1. The highest BCUT2D eigenvalue weighted by Gasteiger charge is 2.17. The summed E-state index contributed by atoms with van der Waals surface area (Å²) in [6.45, 7) is 2.06. The number of amides is 1. The number of furan rings is 1. The Morgan fingerprint density at radius 2 is 1.84 bits per heavy atom. The number of phenolic OH excluding ortho intramolecular Hbond substituents is 1. The lowest BCUT2D eigenvalue weighted by Crippen LogP contribution is -2.33. The number of aromatic hydroxyl groups is 1. The Bertz CT molecular complexity index is 1660. The number of nitrogens with one attached hydrogen (secondary N) is 2. The lowest BCUT2D eigenvalue weighted by molar-refractivity contribution is 0.0951. The molecule has 0 spiro atoms. The molecule has 2 aromatic heterocycles. The van der Waals surface area contributed by atoms with Crippen LogP contribution in [0.5, 0.6) is 5.75 Å². The first kappa shape index (κ1) is 24.8. The highest BCUT2D eigenvalue weighted by atomic mass is 35.5. The maximum Gasteiger partial charge on any atom is 0.293 e. The summed E-state index contributed by atoms with van der Waals surface area (Å²) >= 11 is 17.6. The minimum atomic E-state index is -0.549. The van der Waals surface area contributed by atoms with Crippen LogP contribution in [0.15, 0.2) is 75.6 Å². The molecule has 3 aromatic carbocycles. The van der Waals surface area contributed by atoms with Crippen molar-refractivity contribution in [2.75, 3.05) is 5.32 Å². The number of hydrogen-bond donors (Lipinski definition) is 3. The normalized spacial score (nSPS) is 11.0. The minimum Gasteiger partial charge on any atom is -0.507 e. The first-order valence-corrected chi connectivity index (χ1v) is 12.4. The standard InChI is InChI=1S/C27H19Cl2N3O4S/c1-2-14-3-8-23-20(11-14)31-26(36-23)18-13-16(5-7-21(18)33)30-27(37)32-25(34)24-10-9-22(35-24)17-12-15(28)4-6-19(17)29/h3-13,33H,2H2,1H3,(H2,30,32,34,37). The van der Waals surface area contributed by atoms with Crippen LogP contribution in [0.4, 0.5) is 5.69 Å². The Morgan fingerprint density at radius 1 is 1.00 bits per heavy atom. The summed E-state index contributed by atoms with van der Waals surface area (Å²) in [5.41, 5.74) is 3.90. The molecule has 0 fully saturated rings. The molecule has 0 saturated heterocycles. The molecule has 0 aliphatic carbocycles. The molecule has 37 heavy (non-hydrogen) atoms. The quantitative estimate of drug-likeness (QED) is 0.154. The van der Waals surface area contributed by atoms with Gasteiger partial charge in [0.05, 0.1) is 10.6 Å². The predicted molar refractivity (Wildman–Crippen MR) is 148 cm³/mol. The number of benzene rings is 3. The van der Waals surface area contributed by atoms with E-state index in [2.05, 4.69) is 22.5 Å². The van der Waals surface area contributed by atoms with Crippen molar-refractivity contribution in [2.45, 2.75) is 13.3 Å². The van der Waals surface area contributed by atoms with Gasteiger partial charge in [0, 0.05) is 16.3 Å². The zero-order valence-electron chi connectivity index (χ0n) is 19.3. The molecule has 3 N–H and O–H groups in total. The van der Waals surface area contributed by atoms with Crippen LogP contribution in [-0.2, 0) is 6.42 Å². The molecule has 0 bridgehead atoms. The fourth-order valence-corrected chi connectivity index (χ4v) is 4.30. The number of oxazole rings is 1. The molecule has 5 aromatic rings. The van der Waals surface area contributed by atoms with Crippen LogP contribution in [0.2, 0.25) is 10.0 Å². The maximum atomic E-state index is 12.7. The molecule has 7 nitrogen and oxygen atoms in total. The number of carbonyl (C=O) groups is 1. The van der Waals surface area contributed by atoms with Crippen LogP contribution < -0.4 is 10.6 Å². The zero-order valence-corrected chi connectivity index (χ0v) is 21.7. The van der Waals surface area contributed by atoms with E-state index < -0.39 is 5.91 Å². The van der Waals surface area contributed by atoms with Gasteiger partial charge in [-0.25, -0.2) is 4.98 Å². The van der Waals surface area contributed by atoms with Crippen molar-refractivity contribution in [3.05, 3.63) is 88.1 Å². The molecule has 10 heteroatoms. The van der Waals surface area contributed by atoms with E-state index in [4.69, 9.17) is 44.3 Å². The van der Waals surface area contributed by atoms with Crippen molar-refractivity contribution in [3.8, 4) is 28.5 Å². The Hall–Kier alpha value is -3.85. The van der Waals surface area contributed by atoms with Crippen LogP contribution in [0.3, 0.4) is 0 Å². The molecule has 2 heterocycles. The Morgan fingerprint density at radius 3 is 2.65 bits per heavy atom. The number of aromatic nitrogens is 1. The van der Waals surface area contributed by atoms with Gasteiger partial charge in [-0.15, -0.1) is 0 Å². The van der Waals surface area contributed by atoms with E-state index in [1.54, 1.807) is 36.4 Å². The molecular weight excluding hydrogens is 533 g/mol. The van der Waals surface area contributed by atoms with Crippen molar-refractivity contribution in [2.24, 2.45) is 0 Å². The summed E-state index contributed by atoms with van der Waals surface area (Å²) in [6.07, 6.45) is 0.875. The largest absolute Gasteiger partial charge is 0.507 e. The molecule has 0 saturated carbocycles. The minimum absolute atomic E-state index is 0.00874. The molecule has 0 aliphatic heterocycles. The Labute approximate surface area is 227 Å². The van der Waals surface area contributed by atoms with E-state index in [1.165, 1.54) is 12.1 Å². The summed E-state index contributed by atoms with van der Waals surface area (Å²) in [5, 5.41) is 16.9. The van der Waals surface area contributed by atoms with Crippen molar-refractivity contribution in [1.82, 2.24) is 10.3 Å². The average Bonchev–Trinajstić information content (AvgIpc) is 3.53. The van der Waals surface area contributed by atoms with E-state index in [-0.39, 0.29) is 22.5 Å². The molecule has 0 radical (unpaired) electrons. The van der Waals surface area contributed by atoms with Gasteiger partial charge in [0.1, 0.15) is 17.0 Å². The molecule has 1 amide bonds. The third kappa shape index (κ3) is 5.32. The molecule has 0 atom stereocenters. The number of rotatable bonds is 5. The van der Waals surface area contributed by atoms with Gasteiger partial charge < -0.3 is 19.3 Å². The monoisotopic (exact) mass is 551 g/mol. The first-order valence-electron chi connectivity index (χ1n) is 11.2. The van der Waals surface area contributed by atoms with Gasteiger partial charge in [-0.1, -0.05) is 36.2 Å². The van der Waals surface area contributed by atoms with Crippen molar-refractivity contribution < 1.29 is 18.7 Å². The Balaban J connectivity index is 1.30. The van der Waals surface area contributed by atoms with Crippen molar-refractivity contribution in [1.29, 1.82) is 0 Å². The number of thiocarbonyl (C=S) groups is 1. The van der Waals surface area contributed by atoms with Gasteiger partial charge >= 0.3 is 0 Å². The van der Waals surface area contributed by atoms with Crippen LogP contribution in [0.25, 0.3) is 33.9 Å². The molecule has 186 valence electrons. The molecular formula is C27H19Cl2N3O4S. The van der Waals surface area contributed by atoms with Crippen LogP contribution >= 0.6 is 35.4 Å². The number of aryl methyl sites for hydroxylation is 1. The van der Waals surface area contributed by atoms with Gasteiger partial charge in [-0.3, -0.25) is 10.1 Å². The lowest BCUT2D eigenvalue weighted by Gasteiger charge is -2.10. The second-order valence-electron chi connectivity index (χ2n) is 8.10. The van der Waals surface area contributed by atoms with Crippen LogP contribution in [0.1, 0.15) is 23.0 Å². The number of halogens is 2. The smallest absolute Gasteiger partial charge is 0.293 e. The first-order chi connectivity index (χ1) is 17.8. The summed E-state index contributed by atoms with van der Waals surface area (Å²) in [4.78, 5) is 17.2. The fraction of sp³-hybridized carbons (Fsp3) is 0.0741. The number of phenols is 1. The molecule has 5 rings (SSSR count). The summed E-state index contributed by atoms with van der Waals surface area (Å²) in [6, 6.07) is 18.6.